The number of nitrogens with zero attached hydrogens (tertiary/aromatic N) is 4. The molecule has 0 amide bonds. The van der Waals surface area contributed by atoms with E-state index in [0.717, 1.165) is 13.0 Å². The normalized spacial score (nSPS) is 18.5. The number of thiazole rings is 1. The van der Waals surface area contributed by atoms with Gasteiger partial charge in [0.2, 0.25) is 0 Å². The Morgan fingerprint density at radius 3 is 2.83 bits per heavy atom. The zero-order chi connectivity index (χ0) is 16.4. The molecule has 0 spiro atoms. The highest BCUT2D eigenvalue weighted by atomic mass is 32.1. The van der Waals surface area contributed by atoms with Crippen LogP contribution in [0.5, 0.6) is 0 Å². The van der Waals surface area contributed by atoms with Gasteiger partial charge in [0, 0.05) is 49.0 Å². The number of rotatable bonds is 4. The van der Waals surface area contributed by atoms with Crippen LogP contribution in [0.4, 0.5) is 5.69 Å². The lowest BCUT2D eigenvalue weighted by molar-refractivity contribution is 0.212. The van der Waals surface area contributed by atoms with E-state index >= 15 is 0 Å². The van der Waals surface area contributed by atoms with E-state index in [1.54, 1.807) is 0 Å². The van der Waals surface area contributed by atoms with E-state index in [0.29, 0.717) is 11.0 Å². The minimum atomic E-state index is 0.580. The van der Waals surface area contributed by atoms with Gasteiger partial charge in [0.1, 0.15) is 6.07 Å². The fourth-order valence-corrected chi connectivity index (χ4v) is 4.64. The standard InChI is InChI=1S/C19H22N4S/c20-13-19-21-14-17(24-19)8-11-22-9-6-16(7-10-22)23-12-5-15-3-1-2-4-18(15)23/h1-4,14,16H,5-12H2. The van der Waals surface area contributed by atoms with Gasteiger partial charge in [-0.1, -0.05) is 18.2 Å². The number of piperidine rings is 1. The highest BCUT2D eigenvalue weighted by Gasteiger charge is 2.28. The van der Waals surface area contributed by atoms with Crippen LogP contribution in [-0.4, -0.2) is 42.1 Å². The quantitative estimate of drug-likeness (QED) is 0.859. The molecule has 0 atom stereocenters. The van der Waals surface area contributed by atoms with Crippen LogP contribution in [0.2, 0.25) is 0 Å². The Bertz CT molecular complexity index is 740. The molecule has 0 radical (unpaired) electrons. The molecule has 4 rings (SSSR count). The molecule has 2 aliphatic rings. The monoisotopic (exact) mass is 338 g/mol. The van der Waals surface area contributed by atoms with Crippen molar-refractivity contribution < 1.29 is 0 Å². The lowest BCUT2D eigenvalue weighted by atomic mass is 10.0. The summed E-state index contributed by atoms with van der Waals surface area (Å²) in [5, 5.41) is 9.43. The molecule has 124 valence electrons. The van der Waals surface area contributed by atoms with Crippen LogP contribution >= 0.6 is 11.3 Å². The van der Waals surface area contributed by atoms with E-state index in [4.69, 9.17) is 5.26 Å². The van der Waals surface area contributed by atoms with Gasteiger partial charge in [-0.25, -0.2) is 4.98 Å². The summed E-state index contributed by atoms with van der Waals surface area (Å²) in [7, 11) is 0. The zero-order valence-electron chi connectivity index (χ0n) is 13.8. The lowest BCUT2D eigenvalue weighted by Crippen LogP contribution is -2.44. The summed E-state index contributed by atoms with van der Waals surface area (Å²) in [6.07, 6.45) is 6.57. The van der Waals surface area contributed by atoms with E-state index in [1.807, 2.05) is 6.20 Å². The van der Waals surface area contributed by atoms with Crippen LogP contribution in [0.15, 0.2) is 30.5 Å². The number of anilines is 1. The fraction of sp³-hybridized carbons (Fsp3) is 0.474. The molecule has 0 saturated carbocycles. The van der Waals surface area contributed by atoms with Gasteiger partial charge < -0.3 is 9.80 Å². The summed E-state index contributed by atoms with van der Waals surface area (Å²) in [5.41, 5.74) is 2.98. The number of para-hydroxylation sites is 1. The van der Waals surface area contributed by atoms with Crippen LogP contribution in [0.1, 0.15) is 28.3 Å². The number of hydrogen-bond acceptors (Lipinski definition) is 5. The molecule has 2 aromatic rings. The van der Waals surface area contributed by atoms with Crippen molar-refractivity contribution in [3.63, 3.8) is 0 Å². The van der Waals surface area contributed by atoms with Crippen LogP contribution in [-0.2, 0) is 12.8 Å². The number of fused-ring (bicyclic) bond motifs is 1. The first-order valence-electron chi connectivity index (χ1n) is 8.75. The minimum absolute atomic E-state index is 0.580. The molecule has 1 fully saturated rings. The fourth-order valence-electron chi connectivity index (χ4n) is 3.94. The van der Waals surface area contributed by atoms with Crippen molar-refractivity contribution in [1.82, 2.24) is 9.88 Å². The van der Waals surface area contributed by atoms with Gasteiger partial charge in [-0.3, -0.25) is 0 Å². The second-order valence-electron chi connectivity index (χ2n) is 6.64. The Hall–Kier alpha value is -1.90. The van der Waals surface area contributed by atoms with Crippen molar-refractivity contribution in [3.8, 4) is 6.07 Å². The number of nitriles is 1. The van der Waals surface area contributed by atoms with Gasteiger partial charge in [0.25, 0.3) is 0 Å². The Kier molecular flexibility index (Phi) is 4.50. The van der Waals surface area contributed by atoms with Crippen LogP contribution < -0.4 is 4.90 Å². The highest BCUT2D eigenvalue weighted by Crippen LogP contribution is 2.32. The van der Waals surface area contributed by atoms with Gasteiger partial charge in [0.15, 0.2) is 5.01 Å². The number of hydrogen-bond donors (Lipinski definition) is 0. The molecular weight excluding hydrogens is 316 g/mol. The van der Waals surface area contributed by atoms with Gasteiger partial charge in [-0.2, -0.15) is 5.26 Å². The Labute approximate surface area is 147 Å². The summed E-state index contributed by atoms with van der Waals surface area (Å²) in [4.78, 5) is 10.5. The smallest absolute Gasteiger partial charge is 0.194 e. The molecule has 24 heavy (non-hydrogen) atoms. The van der Waals surface area contributed by atoms with Gasteiger partial charge in [-0.05, 0) is 37.3 Å². The van der Waals surface area contributed by atoms with E-state index in [9.17, 15) is 0 Å². The first kappa shape index (κ1) is 15.6. The van der Waals surface area contributed by atoms with Crippen molar-refractivity contribution in [1.29, 1.82) is 5.26 Å². The van der Waals surface area contributed by atoms with Crippen LogP contribution in [0.3, 0.4) is 0 Å². The van der Waals surface area contributed by atoms with Crippen molar-refractivity contribution in [2.75, 3.05) is 31.1 Å². The number of aromatic nitrogens is 1. The molecule has 3 heterocycles. The van der Waals surface area contributed by atoms with E-state index in [-0.39, 0.29) is 0 Å². The Morgan fingerprint density at radius 2 is 2.04 bits per heavy atom. The minimum Gasteiger partial charge on any atom is -0.368 e. The molecule has 0 N–H and O–H groups in total. The average molecular weight is 338 g/mol. The molecule has 5 heteroatoms. The Morgan fingerprint density at radius 1 is 1.21 bits per heavy atom. The molecule has 1 aromatic carbocycles. The van der Waals surface area contributed by atoms with E-state index < -0.39 is 0 Å². The van der Waals surface area contributed by atoms with Crippen LogP contribution in [0.25, 0.3) is 0 Å². The van der Waals surface area contributed by atoms with Crippen molar-refractivity contribution in [2.24, 2.45) is 0 Å². The first-order chi connectivity index (χ1) is 11.8. The second-order valence-corrected chi connectivity index (χ2v) is 7.75. The molecule has 2 aliphatic heterocycles. The SMILES string of the molecule is N#Cc1ncc(CCN2CCC(N3CCc4ccccc43)CC2)s1. The van der Waals surface area contributed by atoms with Gasteiger partial charge in [-0.15, -0.1) is 11.3 Å². The molecular formula is C19H22N4S. The third kappa shape index (κ3) is 3.17. The molecule has 0 unspecified atom stereocenters. The second kappa shape index (κ2) is 6.92. The van der Waals surface area contributed by atoms with Crippen molar-refractivity contribution >= 4 is 17.0 Å². The molecule has 1 aromatic heterocycles. The van der Waals surface area contributed by atoms with Crippen molar-refractivity contribution in [2.45, 2.75) is 31.7 Å². The van der Waals surface area contributed by atoms with Crippen molar-refractivity contribution in [3.05, 3.63) is 45.9 Å². The average Bonchev–Trinajstić information content (AvgIpc) is 3.27. The molecule has 0 aliphatic carbocycles. The zero-order valence-corrected chi connectivity index (χ0v) is 14.6. The maximum atomic E-state index is 8.85. The third-order valence-electron chi connectivity index (χ3n) is 5.24. The number of likely N-dealkylation sites (tertiary alicyclic amines) is 1. The summed E-state index contributed by atoms with van der Waals surface area (Å²) >= 11 is 1.53. The van der Waals surface area contributed by atoms with E-state index in [1.165, 1.54) is 66.4 Å². The number of benzene rings is 1. The largest absolute Gasteiger partial charge is 0.368 e. The predicted molar refractivity (Wildman–Crippen MR) is 97.5 cm³/mol. The third-order valence-corrected chi connectivity index (χ3v) is 6.21. The molecule has 4 nitrogen and oxygen atoms in total. The summed E-state index contributed by atoms with van der Waals surface area (Å²) in [6.45, 7) is 4.61. The maximum absolute atomic E-state index is 8.85. The van der Waals surface area contributed by atoms with Gasteiger partial charge >= 0.3 is 0 Å². The lowest BCUT2D eigenvalue weighted by Gasteiger charge is -2.38. The topological polar surface area (TPSA) is 43.2 Å². The Balaban J connectivity index is 1.29. The summed E-state index contributed by atoms with van der Waals surface area (Å²) < 4.78 is 0. The predicted octanol–water partition coefficient (Wildman–Crippen LogP) is 3.08. The molecule has 0 bridgehead atoms. The molecule has 1 saturated heterocycles. The summed E-state index contributed by atoms with van der Waals surface area (Å²) in [6, 6.07) is 11.7. The van der Waals surface area contributed by atoms with E-state index in [2.05, 4.69) is 45.1 Å². The first-order valence-corrected chi connectivity index (χ1v) is 9.57. The van der Waals surface area contributed by atoms with Gasteiger partial charge in [0.05, 0.1) is 0 Å². The highest BCUT2D eigenvalue weighted by molar-refractivity contribution is 7.12. The maximum Gasteiger partial charge on any atom is 0.194 e. The van der Waals surface area contributed by atoms with Crippen LogP contribution in [0, 0.1) is 11.3 Å². The summed E-state index contributed by atoms with van der Waals surface area (Å²) in [5.74, 6) is 0.